The summed E-state index contributed by atoms with van der Waals surface area (Å²) in [6.45, 7) is 5.34. The van der Waals surface area contributed by atoms with Crippen LogP contribution >= 0.6 is 0 Å². The van der Waals surface area contributed by atoms with Crippen LogP contribution in [0.3, 0.4) is 0 Å². The minimum absolute atomic E-state index is 0.0440. The van der Waals surface area contributed by atoms with Gasteiger partial charge in [0.1, 0.15) is 17.4 Å². The van der Waals surface area contributed by atoms with Crippen LogP contribution in [0.5, 0.6) is 5.75 Å². The largest absolute Gasteiger partial charge is 0.491 e. The first-order valence-corrected chi connectivity index (χ1v) is 7.43. The molecule has 0 aromatic heterocycles. The van der Waals surface area contributed by atoms with E-state index in [0.29, 0.717) is 11.3 Å². The summed E-state index contributed by atoms with van der Waals surface area (Å²) in [6, 6.07) is 9.76. The van der Waals surface area contributed by atoms with Gasteiger partial charge in [-0.05, 0) is 57.2 Å². The van der Waals surface area contributed by atoms with E-state index in [1.54, 1.807) is 24.3 Å². The number of nitrogens with zero attached hydrogens (tertiary/aromatic N) is 1. The average molecular weight is 332 g/mol. The fraction of sp³-hybridized carbons (Fsp3) is 0.222. The minimum Gasteiger partial charge on any atom is -0.491 e. The smallest absolute Gasteiger partial charge is 0.271 e. The molecule has 24 heavy (non-hydrogen) atoms. The van der Waals surface area contributed by atoms with Gasteiger partial charge in [0, 0.05) is 17.2 Å². The predicted octanol–water partition coefficient (Wildman–Crippen LogP) is 3.91. The molecular weight excluding hydrogens is 314 g/mol. The summed E-state index contributed by atoms with van der Waals surface area (Å²) in [7, 11) is 0. The number of halogens is 2. The van der Waals surface area contributed by atoms with E-state index in [4.69, 9.17) is 4.74 Å². The van der Waals surface area contributed by atoms with Crippen molar-refractivity contribution in [3.05, 3.63) is 65.2 Å². The quantitative estimate of drug-likeness (QED) is 0.667. The molecule has 0 aliphatic rings. The Bertz CT molecular complexity index is 756. The summed E-state index contributed by atoms with van der Waals surface area (Å²) in [5.41, 5.74) is 3.10. The second-order valence-corrected chi connectivity index (χ2v) is 5.45. The topological polar surface area (TPSA) is 50.7 Å². The van der Waals surface area contributed by atoms with E-state index in [1.165, 1.54) is 13.0 Å². The molecule has 0 spiro atoms. The summed E-state index contributed by atoms with van der Waals surface area (Å²) < 4.78 is 32.0. The molecule has 126 valence electrons. The molecular formula is C18H18F2N2O2. The highest BCUT2D eigenvalue weighted by molar-refractivity contribution is 6.01. The molecule has 4 nitrogen and oxygen atoms in total. The van der Waals surface area contributed by atoms with E-state index in [2.05, 4.69) is 10.5 Å². The first-order chi connectivity index (χ1) is 11.4. The van der Waals surface area contributed by atoms with E-state index in [1.807, 2.05) is 13.8 Å². The Balaban J connectivity index is 2.06. The fourth-order valence-corrected chi connectivity index (χ4v) is 2.00. The Kier molecular flexibility index (Phi) is 5.63. The van der Waals surface area contributed by atoms with Crippen LogP contribution in [0.1, 0.15) is 36.7 Å². The monoisotopic (exact) mass is 332 g/mol. The third kappa shape index (κ3) is 4.62. The molecule has 0 aliphatic carbocycles. The van der Waals surface area contributed by atoms with Crippen molar-refractivity contribution >= 4 is 11.6 Å². The highest BCUT2D eigenvalue weighted by Crippen LogP contribution is 2.14. The molecule has 2 aromatic carbocycles. The fourth-order valence-electron chi connectivity index (χ4n) is 2.00. The van der Waals surface area contributed by atoms with Crippen molar-refractivity contribution in [2.75, 3.05) is 0 Å². The number of amides is 1. The molecule has 2 aromatic rings. The van der Waals surface area contributed by atoms with Crippen LogP contribution in [0.15, 0.2) is 47.6 Å². The molecule has 6 heteroatoms. The van der Waals surface area contributed by atoms with Gasteiger partial charge in [-0.15, -0.1) is 0 Å². The minimum atomic E-state index is -0.735. The first-order valence-electron chi connectivity index (χ1n) is 7.43. The maximum absolute atomic E-state index is 13.6. The Labute approximate surface area is 139 Å². The zero-order chi connectivity index (χ0) is 17.7. The van der Waals surface area contributed by atoms with Gasteiger partial charge in [-0.1, -0.05) is 0 Å². The predicted molar refractivity (Wildman–Crippen MR) is 88.2 cm³/mol. The molecule has 0 fully saturated rings. The lowest BCUT2D eigenvalue weighted by atomic mass is 10.1. The number of ether oxygens (including phenoxy) is 1. The van der Waals surface area contributed by atoms with Crippen molar-refractivity contribution in [2.45, 2.75) is 26.9 Å². The molecule has 0 radical (unpaired) electrons. The van der Waals surface area contributed by atoms with Gasteiger partial charge in [-0.2, -0.15) is 5.10 Å². The van der Waals surface area contributed by atoms with Crippen molar-refractivity contribution in [3.8, 4) is 5.75 Å². The van der Waals surface area contributed by atoms with E-state index in [0.717, 1.165) is 12.1 Å². The van der Waals surface area contributed by atoms with Crippen LogP contribution in [-0.2, 0) is 0 Å². The van der Waals surface area contributed by atoms with Gasteiger partial charge in [0.15, 0.2) is 0 Å². The summed E-state index contributed by atoms with van der Waals surface area (Å²) in [6.07, 6.45) is 0.0440. The molecule has 0 aliphatic heterocycles. The number of hydrogen-bond acceptors (Lipinski definition) is 3. The van der Waals surface area contributed by atoms with Crippen molar-refractivity contribution < 1.29 is 18.3 Å². The molecule has 1 N–H and O–H groups in total. The van der Waals surface area contributed by atoms with E-state index < -0.39 is 17.5 Å². The number of hydrazone groups is 1. The van der Waals surface area contributed by atoms with Gasteiger partial charge in [0.25, 0.3) is 5.91 Å². The molecule has 1 amide bonds. The summed E-state index contributed by atoms with van der Waals surface area (Å²) in [4.78, 5) is 12.0. The number of benzene rings is 2. The van der Waals surface area contributed by atoms with Gasteiger partial charge in [-0.25, -0.2) is 14.2 Å². The van der Waals surface area contributed by atoms with Crippen molar-refractivity contribution in [2.24, 2.45) is 5.10 Å². The third-order valence-corrected chi connectivity index (χ3v) is 3.13. The van der Waals surface area contributed by atoms with Crippen LogP contribution in [0.25, 0.3) is 0 Å². The van der Waals surface area contributed by atoms with E-state index >= 15 is 0 Å². The lowest BCUT2D eigenvalue weighted by Crippen LogP contribution is -2.19. The molecule has 0 atom stereocenters. The van der Waals surface area contributed by atoms with Gasteiger partial charge < -0.3 is 4.74 Å². The van der Waals surface area contributed by atoms with Gasteiger partial charge in [0.2, 0.25) is 0 Å². The number of rotatable bonds is 5. The molecule has 0 heterocycles. The van der Waals surface area contributed by atoms with Crippen LogP contribution in [0.2, 0.25) is 0 Å². The average Bonchev–Trinajstić information content (AvgIpc) is 2.52. The highest BCUT2D eigenvalue weighted by Gasteiger charge is 2.09. The summed E-state index contributed by atoms with van der Waals surface area (Å²) in [5, 5.41) is 3.86. The molecule has 0 saturated carbocycles. The van der Waals surface area contributed by atoms with E-state index in [9.17, 15) is 13.6 Å². The second-order valence-electron chi connectivity index (χ2n) is 5.45. The van der Waals surface area contributed by atoms with Crippen LogP contribution in [0, 0.1) is 11.6 Å². The number of nitrogens with one attached hydrogen (secondary N) is 1. The van der Waals surface area contributed by atoms with Crippen LogP contribution in [-0.4, -0.2) is 17.7 Å². The number of carbonyl (C=O) groups is 1. The Morgan fingerprint density at radius 1 is 1.12 bits per heavy atom. The zero-order valence-electron chi connectivity index (χ0n) is 13.6. The lowest BCUT2D eigenvalue weighted by Gasteiger charge is -2.09. The SMILES string of the molecule is C/C(=N/NC(=O)c1ccc(OC(C)C)cc1)c1ccc(F)cc1F. The molecule has 0 unspecified atom stereocenters. The van der Waals surface area contributed by atoms with Crippen LogP contribution < -0.4 is 10.2 Å². The second kappa shape index (κ2) is 7.68. The molecule has 0 bridgehead atoms. The summed E-state index contributed by atoms with van der Waals surface area (Å²) in [5.74, 6) is -1.18. The Morgan fingerprint density at radius 2 is 1.79 bits per heavy atom. The van der Waals surface area contributed by atoms with Gasteiger partial charge >= 0.3 is 0 Å². The first kappa shape index (κ1) is 17.6. The summed E-state index contributed by atoms with van der Waals surface area (Å²) >= 11 is 0. The molecule has 0 saturated heterocycles. The Hall–Kier alpha value is -2.76. The van der Waals surface area contributed by atoms with E-state index in [-0.39, 0.29) is 17.4 Å². The van der Waals surface area contributed by atoms with Crippen molar-refractivity contribution in [1.82, 2.24) is 5.43 Å². The normalized spacial score (nSPS) is 11.5. The van der Waals surface area contributed by atoms with Gasteiger partial charge in [0.05, 0.1) is 11.8 Å². The highest BCUT2D eigenvalue weighted by atomic mass is 19.1. The van der Waals surface area contributed by atoms with Crippen molar-refractivity contribution in [3.63, 3.8) is 0 Å². The molecule has 2 rings (SSSR count). The number of carbonyl (C=O) groups excluding carboxylic acids is 1. The van der Waals surface area contributed by atoms with Crippen molar-refractivity contribution in [1.29, 1.82) is 0 Å². The number of hydrogen-bond donors (Lipinski definition) is 1. The Morgan fingerprint density at radius 3 is 2.38 bits per heavy atom. The zero-order valence-corrected chi connectivity index (χ0v) is 13.6. The van der Waals surface area contributed by atoms with Crippen LogP contribution in [0.4, 0.5) is 8.78 Å². The lowest BCUT2D eigenvalue weighted by molar-refractivity contribution is 0.0954. The maximum atomic E-state index is 13.6. The standard InChI is InChI=1S/C18H18F2N2O2/c1-11(2)24-15-7-4-13(5-8-15)18(23)22-21-12(3)16-9-6-14(19)10-17(16)20/h4-11H,1-3H3,(H,22,23)/b21-12-. The maximum Gasteiger partial charge on any atom is 0.271 e. The third-order valence-electron chi connectivity index (χ3n) is 3.13. The van der Waals surface area contributed by atoms with Gasteiger partial charge in [-0.3, -0.25) is 4.79 Å².